The number of amides is 1. The number of aromatic nitrogens is 3. The Labute approximate surface area is 231 Å². The Morgan fingerprint density at radius 2 is 1.79 bits per heavy atom. The highest BCUT2D eigenvalue weighted by Gasteiger charge is 2.46. The van der Waals surface area contributed by atoms with Gasteiger partial charge in [-0.3, -0.25) is 0 Å². The number of carbonyl (C=O) groups is 1. The molecular formula is C30H31ClN4O2S. The van der Waals surface area contributed by atoms with Crippen molar-refractivity contribution in [1.29, 1.82) is 0 Å². The van der Waals surface area contributed by atoms with Crippen LogP contribution in [0.5, 0.6) is 0 Å². The molecule has 2 bridgehead atoms. The number of halogens is 1. The van der Waals surface area contributed by atoms with Gasteiger partial charge in [-0.05, 0) is 80.8 Å². The fourth-order valence-electron chi connectivity index (χ4n) is 6.69. The van der Waals surface area contributed by atoms with E-state index in [9.17, 15) is 4.79 Å². The van der Waals surface area contributed by atoms with Crippen molar-refractivity contribution in [3.8, 4) is 0 Å². The van der Waals surface area contributed by atoms with Gasteiger partial charge in [0, 0.05) is 40.6 Å². The molecule has 196 valence electrons. The average molecular weight is 547 g/mol. The van der Waals surface area contributed by atoms with E-state index in [1.165, 1.54) is 35.3 Å². The predicted octanol–water partition coefficient (Wildman–Crippen LogP) is 7.53. The van der Waals surface area contributed by atoms with Crippen LogP contribution in [0.15, 0.2) is 54.0 Å². The fraction of sp³-hybridized carbons (Fsp3) is 0.433. The molecule has 1 aliphatic carbocycles. The van der Waals surface area contributed by atoms with Crippen LogP contribution in [0.3, 0.4) is 0 Å². The molecule has 3 fully saturated rings. The molecule has 2 saturated heterocycles. The molecule has 1 amide bonds. The number of imidazole rings is 1. The number of hydrogen-bond donors (Lipinski definition) is 0. The van der Waals surface area contributed by atoms with Crippen LogP contribution in [0.4, 0.5) is 4.79 Å². The summed E-state index contributed by atoms with van der Waals surface area (Å²) in [5.74, 6) is 1.80. The largest absolute Gasteiger partial charge is 0.450 e. The smallest absolute Gasteiger partial charge is 0.410 e. The Morgan fingerprint density at radius 3 is 2.45 bits per heavy atom. The van der Waals surface area contributed by atoms with Crippen LogP contribution in [-0.2, 0) is 4.74 Å². The van der Waals surface area contributed by atoms with Crippen molar-refractivity contribution < 1.29 is 9.53 Å². The lowest BCUT2D eigenvalue weighted by Crippen LogP contribution is -2.47. The zero-order chi connectivity index (χ0) is 25.8. The Kier molecular flexibility index (Phi) is 6.16. The summed E-state index contributed by atoms with van der Waals surface area (Å²) in [7, 11) is 0. The molecule has 3 atom stereocenters. The van der Waals surface area contributed by atoms with Crippen LogP contribution in [-0.4, -0.2) is 44.2 Å². The minimum absolute atomic E-state index is 0.0335. The standard InChI is InChI=1S/C30H31ClN4O2S/c1-2-37-30(36)34-22-10-11-23(34)17-24(16-22)35-26-15-20(7-12-25(26)33-28(35)19-3-4-19)27(29-32-13-14-38-29)18-5-8-21(31)9-6-18/h5-9,12-15,19,22-24,27H,2-4,10-11,16-17H2,1H3. The van der Waals surface area contributed by atoms with Crippen molar-refractivity contribution in [2.24, 2.45) is 0 Å². The summed E-state index contributed by atoms with van der Waals surface area (Å²) >= 11 is 7.91. The molecule has 2 aliphatic heterocycles. The fourth-order valence-corrected chi connectivity index (χ4v) is 7.60. The van der Waals surface area contributed by atoms with Crippen LogP contribution in [0, 0.1) is 0 Å². The first-order valence-electron chi connectivity index (χ1n) is 13.7. The molecule has 0 radical (unpaired) electrons. The molecule has 4 aromatic rings. The second kappa shape index (κ2) is 9.69. The minimum Gasteiger partial charge on any atom is -0.450 e. The zero-order valence-electron chi connectivity index (χ0n) is 21.4. The van der Waals surface area contributed by atoms with Gasteiger partial charge < -0.3 is 14.2 Å². The van der Waals surface area contributed by atoms with Gasteiger partial charge in [0.2, 0.25) is 0 Å². The lowest BCUT2D eigenvalue weighted by Gasteiger charge is -2.39. The summed E-state index contributed by atoms with van der Waals surface area (Å²) in [6.45, 7) is 2.31. The Hall–Kier alpha value is -2.90. The molecule has 2 aromatic carbocycles. The number of carbonyl (C=O) groups excluding carboxylic acids is 1. The number of hydrogen-bond acceptors (Lipinski definition) is 5. The quantitative estimate of drug-likeness (QED) is 0.251. The summed E-state index contributed by atoms with van der Waals surface area (Å²) in [5, 5.41) is 3.85. The monoisotopic (exact) mass is 546 g/mol. The van der Waals surface area contributed by atoms with Crippen LogP contribution in [0.1, 0.15) is 85.3 Å². The van der Waals surface area contributed by atoms with E-state index in [1.54, 1.807) is 11.3 Å². The van der Waals surface area contributed by atoms with E-state index >= 15 is 0 Å². The lowest BCUT2D eigenvalue weighted by atomic mass is 9.91. The minimum atomic E-state index is -0.145. The van der Waals surface area contributed by atoms with Crippen molar-refractivity contribution in [2.45, 2.75) is 75.4 Å². The molecule has 7 rings (SSSR count). The van der Waals surface area contributed by atoms with E-state index < -0.39 is 0 Å². The van der Waals surface area contributed by atoms with Gasteiger partial charge in [-0.2, -0.15) is 0 Å². The Morgan fingerprint density at radius 1 is 1.05 bits per heavy atom. The third-order valence-corrected chi connectivity index (χ3v) is 9.56. The first-order chi connectivity index (χ1) is 18.6. The molecule has 6 nitrogen and oxygen atoms in total. The predicted molar refractivity (Wildman–Crippen MR) is 150 cm³/mol. The Balaban J connectivity index is 1.30. The van der Waals surface area contributed by atoms with Crippen molar-refractivity contribution in [3.63, 3.8) is 0 Å². The molecule has 1 saturated carbocycles. The summed E-state index contributed by atoms with van der Waals surface area (Å²) in [6.07, 6.45) is 8.17. The molecule has 2 aromatic heterocycles. The van der Waals surface area contributed by atoms with E-state index in [1.807, 2.05) is 35.5 Å². The number of nitrogens with zero attached hydrogens (tertiary/aromatic N) is 4. The van der Waals surface area contributed by atoms with E-state index in [2.05, 4.69) is 34.9 Å². The van der Waals surface area contributed by atoms with Gasteiger partial charge >= 0.3 is 6.09 Å². The van der Waals surface area contributed by atoms with Gasteiger partial charge in [0.25, 0.3) is 0 Å². The topological polar surface area (TPSA) is 60.2 Å². The molecule has 38 heavy (non-hydrogen) atoms. The maximum atomic E-state index is 12.7. The van der Waals surface area contributed by atoms with Gasteiger partial charge in [-0.25, -0.2) is 14.8 Å². The van der Waals surface area contributed by atoms with Gasteiger partial charge in [0.1, 0.15) is 10.8 Å². The molecule has 8 heteroatoms. The highest BCUT2D eigenvalue weighted by molar-refractivity contribution is 7.09. The van der Waals surface area contributed by atoms with Gasteiger partial charge in [-0.1, -0.05) is 29.8 Å². The second-order valence-electron chi connectivity index (χ2n) is 10.8. The number of rotatable bonds is 6. The van der Waals surface area contributed by atoms with Gasteiger partial charge in [-0.15, -0.1) is 11.3 Å². The van der Waals surface area contributed by atoms with Crippen LogP contribution < -0.4 is 0 Å². The van der Waals surface area contributed by atoms with Crippen molar-refractivity contribution in [1.82, 2.24) is 19.4 Å². The lowest BCUT2D eigenvalue weighted by molar-refractivity contribution is 0.0622. The summed E-state index contributed by atoms with van der Waals surface area (Å²) in [4.78, 5) is 24.6. The number of ether oxygens (including phenoxy) is 1. The highest BCUT2D eigenvalue weighted by Crippen LogP contribution is 2.47. The number of thiazole rings is 1. The average Bonchev–Trinajstić information content (AvgIpc) is 3.37. The number of fused-ring (bicyclic) bond motifs is 3. The second-order valence-corrected chi connectivity index (χ2v) is 12.2. The van der Waals surface area contributed by atoms with Gasteiger partial charge in [0.05, 0.1) is 23.6 Å². The van der Waals surface area contributed by atoms with Crippen LogP contribution in [0.25, 0.3) is 11.0 Å². The third-order valence-electron chi connectivity index (χ3n) is 8.47. The summed E-state index contributed by atoms with van der Waals surface area (Å²) in [6, 6.07) is 15.7. The summed E-state index contributed by atoms with van der Waals surface area (Å²) in [5.41, 5.74) is 4.65. The maximum Gasteiger partial charge on any atom is 0.410 e. The SMILES string of the molecule is CCOC(=O)N1C2CCC1CC(n1c(C3CC3)nc3ccc(C(c4ccc(Cl)cc4)c4nccs4)cc31)C2. The highest BCUT2D eigenvalue weighted by atomic mass is 35.5. The number of benzene rings is 2. The molecule has 4 heterocycles. The normalized spacial score (nSPS) is 23.6. The molecule has 3 unspecified atom stereocenters. The molecule has 3 aliphatic rings. The van der Waals surface area contributed by atoms with Crippen LogP contribution >= 0.6 is 22.9 Å². The maximum absolute atomic E-state index is 12.7. The van der Waals surface area contributed by atoms with E-state index in [0.717, 1.165) is 41.2 Å². The molecule has 0 spiro atoms. The van der Waals surface area contributed by atoms with E-state index in [4.69, 9.17) is 26.3 Å². The Bertz CT molecular complexity index is 1450. The van der Waals surface area contributed by atoms with E-state index in [-0.39, 0.29) is 24.1 Å². The first-order valence-corrected chi connectivity index (χ1v) is 15.0. The molecule has 0 N–H and O–H groups in total. The van der Waals surface area contributed by atoms with Gasteiger partial charge in [0.15, 0.2) is 0 Å². The zero-order valence-corrected chi connectivity index (χ0v) is 23.0. The van der Waals surface area contributed by atoms with Crippen molar-refractivity contribution >= 4 is 40.1 Å². The number of piperidine rings is 1. The van der Waals surface area contributed by atoms with Crippen LogP contribution in [0.2, 0.25) is 5.02 Å². The first kappa shape index (κ1) is 24.2. The van der Waals surface area contributed by atoms with Crippen molar-refractivity contribution in [3.05, 3.63) is 81.0 Å². The van der Waals surface area contributed by atoms with E-state index in [0.29, 0.717) is 18.6 Å². The van der Waals surface area contributed by atoms with Crippen molar-refractivity contribution in [2.75, 3.05) is 6.61 Å². The molecular weight excluding hydrogens is 516 g/mol. The summed E-state index contributed by atoms with van der Waals surface area (Å²) < 4.78 is 7.96. The third kappa shape index (κ3) is 4.20.